The Bertz CT molecular complexity index is 836. The smallest absolute Gasteiger partial charge is 0.251 e. The SMILES string of the molecule is Cc1cccc(CSCCNC(=O)c2cccc(NS(C)(=O)=O)c2)c1. The van der Waals surface area contributed by atoms with Gasteiger partial charge >= 0.3 is 0 Å². The van der Waals surface area contributed by atoms with Crippen LogP contribution < -0.4 is 10.0 Å². The molecule has 2 aromatic carbocycles. The van der Waals surface area contributed by atoms with Crippen molar-refractivity contribution in [2.75, 3.05) is 23.3 Å². The Labute approximate surface area is 153 Å². The first-order valence-electron chi connectivity index (χ1n) is 7.83. The minimum Gasteiger partial charge on any atom is -0.351 e. The Kier molecular flexibility index (Phi) is 6.90. The number of anilines is 1. The Balaban J connectivity index is 1.77. The van der Waals surface area contributed by atoms with E-state index in [9.17, 15) is 13.2 Å². The molecule has 0 heterocycles. The fourth-order valence-electron chi connectivity index (χ4n) is 2.27. The Hall–Kier alpha value is -1.99. The van der Waals surface area contributed by atoms with Crippen molar-refractivity contribution in [2.45, 2.75) is 12.7 Å². The molecule has 2 rings (SSSR count). The first-order valence-corrected chi connectivity index (χ1v) is 10.9. The summed E-state index contributed by atoms with van der Waals surface area (Å²) in [6.45, 7) is 2.63. The number of carbonyl (C=O) groups excluding carboxylic acids is 1. The summed E-state index contributed by atoms with van der Waals surface area (Å²) in [6, 6.07) is 14.8. The molecule has 5 nitrogen and oxygen atoms in total. The van der Waals surface area contributed by atoms with Crippen LogP contribution in [-0.4, -0.2) is 32.9 Å². The van der Waals surface area contributed by atoms with Gasteiger partial charge in [-0.2, -0.15) is 11.8 Å². The minimum absolute atomic E-state index is 0.215. The summed E-state index contributed by atoms with van der Waals surface area (Å²) in [4.78, 5) is 12.1. The Morgan fingerprint density at radius 3 is 2.60 bits per heavy atom. The fraction of sp³-hybridized carbons (Fsp3) is 0.278. The number of thioether (sulfide) groups is 1. The molecular weight excluding hydrogens is 356 g/mol. The molecule has 25 heavy (non-hydrogen) atoms. The molecule has 134 valence electrons. The van der Waals surface area contributed by atoms with Crippen LogP contribution in [0.5, 0.6) is 0 Å². The van der Waals surface area contributed by atoms with Gasteiger partial charge < -0.3 is 5.32 Å². The van der Waals surface area contributed by atoms with Crippen LogP contribution >= 0.6 is 11.8 Å². The van der Waals surface area contributed by atoms with Crippen molar-refractivity contribution in [1.29, 1.82) is 0 Å². The van der Waals surface area contributed by atoms with Gasteiger partial charge in [-0.15, -0.1) is 0 Å². The normalized spacial score (nSPS) is 11.1. The van der Waals surface area contributed by atoms with E-state index in [0.29, 0.717) is 17.8 Å². The molecule has 2 N–H and O–H groups in total. The van der Waals surface area contributed by atoms with E-state index in [0.717, 1.165) is 17.8 Å². The van der Waals surface area contributed by atoms with Gasteiger partial charge in [0, 0.05) is 29.3 Å². The highest BCUT2D eigenvalue weighted by Crippen LogP contribution is 2.14. The van der Waals surface area contributed by atoms with Gasteiger partial charge in [-0.25, -0.2) is 8.42 Å². The molecule has 2 aromatic rings. The maximum Gasteiger partial charge on any atom is 0.251 e. The van der Waals surface area contributed by atoms with Crippen molar-refractivity contribution in [3.63, 3.8) is 0 Å². The molecule has 0 unspecified atom stereocenters. The van der Waals surface area contributed by atoms with Crippen LogP contribution in [0.4, 0.5) is 5.69 Å². The van der Waals surface area contributed by atoms with Gasteiger partial charge in [-0.3, -0.25) is 9.52 Å². The van der Waals surface area contributed by atoms with E-state index in [-0.39, 0.29) is 5.91 Å². The highest BCUT2D eigenvalue weighted by molar-refractivity contribution is 7.98. The van der Waals surface area contributed by atoms with Crippen LogP contribution in [0.1, 0.15) is 21.5 Å². The second-order valence-corrected chi connectivity index (χ2v) is 8.61. The number of rotatable bonds is 8. The molecule has 0 bridgehead atoms. The molecule has 0 radical (unpaired) electrons. The summed E-state index contributed by atoms with van der Waals surface area (Å²) in [5.41, 5.74) is 3.33. The Morgan fingerprint density at radius 2 is 1.88 bits per heavy atom. The number of aryl methyl sites for hydroxylation is 1. The number of benzene rings is 2. The molecule has 0 saturated heterocycles. The largest absolute Gasteiger partial charge is 0.351 e. The predicted molar refractivity (Wildman–Crippen MR) is 105 cm³/mol. The number of hydrogen-bond acceptors (Lipinski definition) is 4. The number of nitrogens with one attached hydrogen (secondary N) is 2. The molecule has 0 spiro atoms. The van der Waals surface area contributed by atoms with E-state index in [1.165, 1.54) is 17.2 Å². The molecule has 0 saturated carbocycles. The number of carbonyl (C=O) groups is 1. The van der Waals surface area contributed by atoms with E-state index < -0.39 is 10.0 Å². The summed E-state index contributed by atoms with van der Waals surface area (Å²) in [5, 5.41) is 2.85. The van der Waals surface area contributed by atoms with Crippen LogP contribution in [0.25, 0.3) is 0 Å². The van der Waals surface area contributed by atoms with Gasteiger partial charge in [0.05, 0.1) is 6.26 Å². The standard InChI is InChI=1S/C18H22N2O3S2/c1-14-5-3-6-15(11-14)13-24-10-9-19-18(21)16-7-4-8-17(12-16)20-25(2,22)23/h3-8,11-12,20H,9-10,13H2,1-2H3,(H,19,21). The van der Waals surface area contributed by atoms with Crippen LogP contribution in [0.3, 0.4) is 0 Å². The van der Waals surface area contributed by atoms with Gasteiger partial charge in [-0.05, 0) is 30.7 Å². The highest BCUT2D eigenvalue weighted by Gasteiger charge is 2.08. The summed E-state index contributed by atoms with van der Waals surface area (Å²) in [7, 11) is -3.36. The number of amides is 1. The van der Waals surface area contributed by atoms with Crippen LogP contribution in [0.15, 0.2) is 48.5 Å². The van der Waals surface area contributed by atoms with Gasteiger partial charge in [0.25, 0.3) is 5.91 Å². The molecule has 0 aliphatic carbocycles. The summed E-state index contributed by atoms with van der Waals surface area (Å²) >= 11 is 1.76. The second-order valence-electron chi connectivity index (χ2n) is 5.75. The first kappa shape index (κ1) is 19.3. The van der Waals surface area contributed by atoms with Crippen molar-refractivity contribution in [3.05, 3.63) is 65.2 Å². The molecule has 0 aliphatic rings. The van der Waals surface area contributed by atoms with Gasteiger partial charge in [0.2, 0.25) is 10.0 Å². The quantitative estimate of drug-likeness (QED) is 0.693. The summed E-state index contributed by atoms with van der Waals surface area (Å²) in [5.74, 6) is 1.50. The summed E-state index contributed by atoms with van der Waals surface area (Å²) < 4.78 is 24.9. The van der Waals surface area contributed by atoms with Crippen molar-refractivity contribution in [1.82, 2.24) is 5.32 Å². The lowest BCUT2D eigenvalue weighted by atomic mass is 10.2. The zero-order valence-corrected chi connectivity index (χ0v) is 15.9. The third-order valence-electron chi connectivity index (χ3n) is 3.31. The zero-order chi connectivity index (χ0) is 18.3. The molecule has 0 aliphatic heterocycles. The van der Waals surface area contributed by atoms with Crippen LogP contribution in [0.2, 0.25) is 0 Å². The van der Waals surface area contributed by atoms with E-state index in [4.69, 9.17) is 0 Å². The predicted octanol–water partition coefficient (Wildman–Crippen LogP) is 3.03. The molecule has 1 amide bonds. The Morgan fingerprint density at radius 1 is 1.12 bits per heavy atom. The minimum atomic E-state index is -3.36. The van der Waals surface area contributed by atoms with Crippen molar-refractivity contribution in [3.8, 4) is 0 Å². The molecule has 0 fully saturated rings. The lowest BCUT2D eigenvalue weighted by molar-refractivity contribution is 0.0956. The van der Waals surface area contributed by atoms with Crippen molar-refractivity contribution >= 4 is 33.4 Å². The van der Waals surface area contributed by atoms with Crippen molar-refractivity contribution in [2.24, 2.45) is 0 Å². The number of hydrogen-bond donors (Lipinski definition) is 2. The zero-order valence-electron chi connectivity index (χ0n) is 14.3. The molecule has 7 heteroatoms. The highest BCUT2D eigenvalue weighted by atomic mass is 32.2. The summed E-state index contributed by atoms with van der Waals surface area (Å²) in [6.07, 6.45) is 1.07. The fourth-order valence-corrected chi connectivity index (χ4v) is 3.63. The topological polar surface area (TPSA) is 75.3 Å². The first-order chi connectivity index (χ1) is 11.8. The number of sulfonamides is 1. The average molecular weight is 379 g/mol. The lowest BCUT2D eigenvalue weighted by Crippen LogP contribution is -2.25. The van der Waals surface area contributed by atoms with Gasteiger partial charge in [0.15, 0.2) is 0 Å². The molecule has 0 aromatic heterocycles. The van der Waals surface area contributed by atoms with E-state index in [2.05, 4.69) is 35.2 Å². The molecular formula is C18H22N2O3S2. The maximum absolute atomic E-state index is 12.1. The van der Waals surface area contributed by atoms with Crippen LogP contribution in [-0.2, 0) is 15.8 Å². The second kappa shape index (κ2) is 8.92. The average Bonchev–Trinajstić information content (AvgIpc) is 2.53. The maximum atomic E-state index is 12.1. The van der Waals surface area contributed by atoms with Gasteiger partial charge in [-0.1, -0.05) is 35.9 Å². The van der Waals surface area contributed by atoms with E-state index in [1.54, 1.807) is 30.0 Å². The lowest BCUT2D eigenvalue weighted by Gasteiger charge is -2.08. The van der Waals surface area contributed by atoms with Crippen molar-refractivity contribution < 1.29 is 13.2 Å². The van der Waals surface area contributed by atoms with E-state index in [1.807, 2.05) is 6.07 Å². The molecule has 0 atom stereocenters. The van der Waals surface area contributed by atoms with Crippen LogP contribution in [0, 0.1) is 6.92 Å². The monoisotopic (exact) mass is 378 g/mol. The van der Waals surface area contributed by atoms with E-state index >= 15 is 0 Å². The third-order valence-corrected chi connectivity index (χ3v) is 4.95. The van der Waals surface area contributed by atoms with Gasteiger partial charge in [0.1, 0.15) is 0 Å². The third kappa shape index (κ3) is 7.19.